The number of Topliss-reactive ketones (excluding diaryl/α,β-unsaturated/α-hetero) is 2. The van der Waals surface area contributed by atoms with Crippen molar-refractivity contribution in [1.29, 1.82) is 0 Å². The van der Waals surface area contributed by atoms with Crippen molar-refractivity contribution in [1.82, 2.24) is 0 Å². The second-order valence-corrected chi connectivity index (χ2v) is 9.21. The zero-order valence-electron chi connectivity index (χ0n) is 20.7. The molecule has 2 rings (SSSR count). The third-order valence-corrected chi connectivity index (χ3v) is 5.58. The fraction of sp³-hybridized carbons (Fsp3) is 0.407. The van der Waals surface area contributed by atoms with Crippen LogP contribution in [0.5, 0.6) is 11.5 Å². The Labute approximate surface area is 195 Å². The van der Waals surface area contributed by atoms with Crippen molar-refractivity contribution in [3.63, 3.8) is 0 Å². The molecule has 0 spiro atoms. The largest absolute Gasteiger partial charge is 0.426 e. The molecule has 6 nitrogen and oxygen atoms in total. The second kappa shape index (κ2) is 10.1. The van der Waals surface area contributed by atoms with E-state index in [-0.39, 0.29) is 24.4 Å². The maximum absolute atomic E-state index is 12.0. The minimum absolute atomic E-state index is 0.241. The number of ether oxygens (including phenoxy) is 2. The monoisotopic (exact) mass is 452 g/mol. The number of carbonyl (C=O) groups excluding carboxylic acids is 4. The minimum Gasteiger partial charge on any atom is -0.426 e. The van der Waals surface area contributed by atoms with E-state index in [0.717, 1.165) is 33.4 Å². The Morgan fingerprint density at radius 3 is 1.15 bits per heavy atom. The molecule has 33 heavy (non-hydrogen) atoms. The highest BCUT2D eigenvalue weighted by atomic mass is 16.5. The van der Waals surface area contributed by atoms with Crippen LogP contribution in [0.15, 0.2) is 24.3 Å². The first kappa shape index (κ1) is 26.0. The van der Waals surface area contributed by atoms with E-state index in [9.17, 15) is 19.2 Å². The number of hydrogen-bond donors (Lipinski definition) is 0. The van der Waals surface area contributed by atoms with Gasteiger partial charge in [-0.25, -0.2) is 0 Å². The molecule has 0 aliphatic heterocycles. The van der Waals surface area contributed by atoms with Gasteiger partial charge in [0.1, 0.15) is 35.9 Å². The standard InChI is InChI=1S/C27H32O6/c1-15-9-21(10-16(2)25(15)32-23(30)13-19(5)28)27(7,8)22-11-17(3)26(18(4)12-22)33-24(31)14-20(6)29/h9-12H,13-14H2,1-8H3. The lowest BCUT2D eigenvalue weighted by Gasteiger charge is -2.29. The van der Waals surface area contributed by atoms with Crippen LogP contribution in [-0.4, -0.2) is 23.5 Å². The number of ketones is 2. The van der Waals surface area contributed by atoms with Gasteiger partial charge in [-0.1, -0.05) is 38.1 Å². The minimum atomic E-state index is -0.568. The molecule has 0 aromatic heterocycles. The number of carbonyl (C=O) groups is 4. The first-order valence-corrected chi connectivity index (χ1v) is 10.9. The molecule has 6 heteroatoms. The molecule has 0 atom stereocenters. The Morgan fingerprint density at radius 2 is 0.909 bits per heavy atom. The van der Waals surface area contributed by atoms with Crippen molar-refractivity contribution in [2.45, 2.75) is 73.6 Å². The number of rotatable bonds is 8. The van der Waals surface area contributed by atoms with Crippen molar-refractivity contribution < 1.29 is 28.7 Å². The molecule has 0 fully saturated rings. The molecular weight excluding hydrogens is 420 g/mol. The van der Waals surface area contributed by atoms with E-state index in [4.69, 9.17) is 9.47 Å². The van der Waals surface area contributed by atoms with E-state index in [1.807, 2.05) is 52.0 Å². The van der Waals surface area contributed by atoms with Crippen LogP contribution in [0, 0.1) is 27.7 Å². The van der Waals surface area contributed by atoms with Gasteiger partial charge < -0.3 is 9.47 Å². The molecular formula is C27H32O6. The van der Waals surface area contributed by atoms with Crippen LogP contribution in [0.1, 0.15) is 73.9 Å². The fourth-order valence-electron chi connectivity index (χ4n) is 3.82. The molecule has 0 aliphatic carbocycles. The van der Waals surface area contributed by atoms with Crippen molar-refractivity contribution in [3.05, 3.63) is 57.6 Å². The molecule has 0 unspecified atom stereocenters. The number of hydrogen-bond acceptors (Lipinski definition) is 6. The Hall–Kier alpha value is -3.28. The summed E-state index contributed by atoms with van der Waals surface area (Å²) in [5.74, 6) is -0.672. The summed E-state index contributed by atoms with van der Waals surface area (Å²) >= 11 is 0. The maximum atomic E-state index is 12.0. The number of benzene rings is 2. The highest BCUT2D eigenvalue weighted by molar-refractivity contribution is 5.95. The van der Waals surface area contributed by atoms with Crippen LogP contribution < -0.4 is 9.47 Å². The Balaban J connectivity index is 2.39. The van der Waals surface area contributed by atoms with Crippen molar-refractivity contribution in [2.75, 3.05) is 0 Å². The van der Waals surface area contributed by atoms with Crippen LogP contribution in [0.4, 0.5) is 0 Å². The van der Waals surface area contributed by atoms with Gasteiger partial charge in [0.2, 0.25) is 0 Å². The van der Waals surface area contributed by atoms with Crippen LogP contribution in [0.25, 0.3) is 0 Å². The summed E-state index contributed by atoms with van der Waals surface area (Å²) in [4.78, 5) is 46.3. The van der Waals surface area contributed by atoms with Gasteiger partial charge in [-0.3, -0.25) is 19.2 Å². The highest BCUT2D eigenvalue weighted by Gasteiger charge is 2.27. The van der Waals surface area contributed by atoms with Crippen molar-refractivity contribution in [3.8, 4) is 11.5 Å². The third kappa shape index (κ3) is 6.37. The van der Waals surface area contributed by atoms with Crippen molar-refractivity contribution >= 4 is 23.5 Å². The lowest BCUT2D eigenvalue weighted by Crippen LogP contribution is -2.21. The van der Waals surface area contributed by atoms with Gasteiger partial charge in [-0.15, -0.1) is 0 Å². The van der Waals surface area contributed by atoms with Crippen LogP contribution >= 0.6 is 0 Å². The average Bonchev–Trinajstić information content (AvgIpc) is 2.66. The summed E-state index contributed by atoms with van der Waals surface area (Å²) in [6.45, 7) is 14.4. The summed E-state index contributed by atoms with van der Waals surface area (Å²) in [5, 5.41) is 0. The van der Waals surface area contributed by atoms with E-state index in [1.165, 1.54) is 13.8 Å². The zero-order valence-corrected chi connectivity index (χ0v) is 20.7. The van der Waals surface area contributed by atoms with E-state index >= 15 is 0 Å². The molecule has 0 heterocycles. The third-order valence-electron chi connectivity index (χ3n) is 5.58. The summed E-state index contributed by atoms with van der Waals surface area (Å²) < 4.78 is 10.9. The normalized spacial score (nSPS) is 11.2. The maximum Gasteiger partial charge on any atom is 0.318 e. The summed E-state index contributed by atoms with van der Waals surface area (Å²) in [7, 11) is 0. The summed E-state index contributed by atoms with van der Waals surface area (Å²) in [6, 6.07) is 7.92. The molecule has 0 saturated carbocycles. The lowest BCUT2D eigenvalue weighted by molar-refractivity contribution is -0.139. The molecule has 0 saturated heterocycles. The topological polar surface area (TPSA) is 86.7 Å². The summed E-state index contributed by atoms with van der Waals surface area (Å²) in [5.41, 5.74) is 4.88. The second-order valence-electron chi connectivity index (χ2n) is 9.21. The van der Waals surface area contributed by atoms with Gasteiger partial charge >= 0.3 is 11.9 Å². The van der Waals surface area contributed by atoms with Gasteiger partial charge in [-0.2, -0.15) is 0 Å². The molecule has 0 amide bonds. The van der Waals surface area contributed by atoms with E-state index in [0.29, 0.717) is 11.5 Å². The average molecular weight is 453 g/mol. The van der Waals surface area contributed by atoms with Crippen LogP contribution in [0.2, 0.25) is 0 Å². The molecule has 0 aliphatic rings. The van der Waals surface area contributed by atoms with E-state index in [2.05, 4.69) is 13.8 Å². The molecule has 0 radical (unpaired) electrons. The predicted octanol–water partition coefficient (Wildman–Crippen LogP) is 5.02. The Kier molecular flexibility index (Phi) is 7.96. The van der Waals surface area contributed by atoms with Gasteiger partial charge in [0.05, 0.1) is 0 Å². The lowest BCUT2D eigenvalue weighted by atomic mass is 9.76. The van der Waals surface area contributed by atoms with Crippen molar-refractivity contribution in [2.24, 2.45) is 0 Å². The predicted molar refractivity (Wildman–Crippen MR) is 126 cm³/mol. The summed E-state index contributed by atoms with van der Waals surface area (Å²) in [6.07, 6.45) is -0.512. The molecule has 2 aromatic carbocycles. The molecule has 176 valence electrons. The smallest absolute Gasteiger partial charge is 0.318 e. The van der Waals surface area contributed by atoms with E-state index < -0.39 is 17.4 Å². The number of aryl methyl sites for hydroxylation is 4. The first-order valence-electron chi connectivity index (χ1n) is 10.9. The fourth-order valence-corrected chi connectivity index (χ4v) is 3.82. The first-order chi connectivity index (χ1) is 15.2. The van der Waals surface area contributed by atoms with Gasteiger partial charge in [0.15, 0.2) is 0 Å². The quantitative estimate of drug-likeness (QED) is 0.318. The Bertz CT molecular complexity index is 990. The highest BCUT2D eigenvalue weighted by Crippen LogP contribution is 2.38. The SMILES string of the molecule is CC(=O)CC(=O)Oc1c(C)cc(C(C)(C)c2cc(C)c(OC(=O)CC(C)=O)c(C)c2)cc1C. The number of esters is 2. The zero-order chi connectivity index (χ0) is 25.1. The Morgan fingerprint density at radius 1 is 0.636 bits per heavy atom. The molecule has 0 bridgehead atoms. The van der Waals surface area contributed by atoms with Gasteiger partial charge in [0, 0.05) is 5.41 Å². The van der Waals surface area contributed by atoms with Gasteiger partial charge in [0.25, 0.3) is 0 Å². The van der Waals surface area contributed by atoms with Crippen LogP contribution in [0.3, 0.4) is 0 Å². The van der Waals surface area contributed by atoms with Crippen LogP contribution in [-0.2, 0) is 24.6 Å². The van der Waals surface area contributed by atoms with Gasteiger partial charge in [-0.05, 0) is 74.9 Å². The molecule has 2 aromatic rings. The van der Waals surface area contributed by atoms with E-state index in [1.54, 1.807) is 0 Å². The molecule has 0 N–H and O–H groups in total.